The third-order valence-electron chi connectivity index (χ3n) is 2.75. The van der Waals surface area contributed by atoms with Crippen molar-refractivity contribution in [3.8, 4) is 0 Å². The fourth-order valence-corrected chi connectivity index (χ4v) is 1.75. The summed E-state index contributed by atoms with van der Waals surface area (Å²) in [7, 11) is 0. The van der Waals surface area contributed by atoms with Crippen LogP contribution in [-0.4, -0.2) is 18.2 Å². The zero-order valence-corrected chi connectivity index (χ0v) is 11.4. The molecule has 1 atom stereocenters. The van der Waals surface area contributed by atoms with Gasteiger partial charge in [0.05, 0.1) is 12.0 Å². The SMILES string of the molecule is O=C([O-])[C@H](Cc1ccccc1)N=Cc1ccccc1.[Li+]. The molecular weight excluding hydrogens is 245 g/mol. The molecule has 2 aromatic rings. The normalized spacial score (nSPS) is 11.8. The monoisotopic (exact) mass is 259 g/mol. The molecule has 4 heteroatoms. The minimum Gasteiger partial charge on any atom is -0.548 e. The van der Waals surface area contributed by atoms with E-state index in [9.17, 15) is 9.90 Å². The molecule has 96 valence electrons. The summed E-state index contributed by atoms with van der Waals surface area (Å²) in [6.45, 7) is 0. The zero-order valence-electron chi connectivity index (χ0n) is 11.4. The molecule has 3 nitrogen and oxygen atoms in total. The summed E-state index contributed by atoms with van der Waals surface area (Å²) >= 11 is 0. The topological polar surface area (TPSA) is 52.5 Å². The molecule has 0 aliphatic heterocycles. The van der Waals surface area contributed by atoms with E-state index in [-0.39, 0.29) is 18.9 Å². The van der Waals surface area contributed by atoms with Crippen LogP contribution in [0.4, 0.5) is 0 Å². The van der Waals surface area contributed by atoms with Crippen LogP contribution in [0.5, 0.6) is 0 Å². The maximum Gasteiger partial charge on any atom is 1.00 e. The molecule has 2 aromatic carbocycles. The molecule has 0 aromatic heterocycles. The van der Waals surface area contributed by atoms with Crippen molar-refractivity contribution in [2.45, 2.75) is 12.5 Å². The predicted octanol–water partition coefficient (Wildman–Crippen LogP) is -1.53. The number of nitrogens with zero attached hydrogens (tertiary/aromatic N) is 1. The smallest absolute Gasteiger partial charge is 0.548 e. The zero-order chi connectivity index (χ0) is 13.5. The molecule has 0 bridgehead atoms. The van der Waals surface area contributed by atoms with Gasteiger partial charge in [-0.1, -0.05) is 60.7 Å². The molecule has 0 radical (unpaired) electrons. The standard InChI is InChI=1S/C16H15NO2.Li/c18-16(19)15(11-13-7-3-1-4-8-13)17-12-14-9-5-2-6-10-14;/h1-10,12,15H,11H2,(H,18,19);/q;+1/p-1/t15-;/m0./s1. The number of aliphatic imine (C=N–C) groups is 1. The molecule has 0 saturated heterocycles. The molecule has 0 saturated carbocycles. The second kappa shape index (κ2) is 8.37. The van der Waals surface area contributed by atoms with Crippen molar-refractivity contribution in [3.63, 3.8) is 0 Å². The first kappa shape index (κ1) is 16.2. The summed E-state index contributed by atoms with van der Waals surface area (Å²) in [5.74, 6) is -1.16. The average Bonchev–Trinajstić information content (AvgIpc) is 2.45. The number of aliphatic carboxylic acids is 1. The van der Waals surface area contributed by atoms with Crippen molar-refractivity contribution in [1.29, 1.82) is 0 Å². The van der Waals surface area contributed by atoms with E-state index in [1.165, 1.54) is 0 Å². The Kier molecular flexibility index (Phi) is 6.79. The van der Waals surface area contributed by atoms with E-state index in [2.05, 4.69) is 4.99 Å². The fourth-order valence-electron chi connectivity index (χ4n) is 1.75. The maximum atomic E-state index is 11.1. The summed E-state index contributed by atoms with van der Waals surface area (Å²) in [6, 6.07) is 18.0. The van der Waals surface area contributed by atoms with Gasteiger partial charge in [-0.05, 0) is 11.1 Å². The van der Waals surface area contributed by atoms with Crippen LogP contribution in [0.25, 0.3) is 0 Å². The van der Waals surface area contributed by atoms with Crippen LogP contribution in [0.15, 0.2) is 65.7 Å². The van der Waals surface area contributed by atoms with Crippen LogP contribution < -0.4 is 24.0 Å². The van der Waals surface area contributed by atoms with Gasteiger partial charge in [0.25, 0.3) is 0 Å². The third-order valence-corrected chi connectivity index (χ3v) is 2.75. The van der Waals surface area contributed by atoms with E-state index in [1.54, 1.807) is 6.21 Å². The third kappa shape index (κ3) is 5.05. The molecule has 0 aliphatic rings. The first-order valence-electron chi connectivity index (χ1n) is 6.09. The van der Waals surface area contributed by atoms with Gasteiger partial charge in [0.2, 0.25) is 0 Å². The molecule has 0 amide bonds. The first-order chi connectivity index (χ1) is 9.25. The van der Waals surface area contributed by atoms with Crippen LogP contribution in [-0.2, 0) is 11.2 Å². The summed E-state index contributed by atoms with van der Waals surface area (Å²) < 4.78 is 0. The van der Waals surface area contributed by atoms with Crippen LogP contribution in [0.2, 0.25) is 0 Å². The van der Waals surface area contributed by atoms with E-state index in [4.69, 9.17) is 0 Å². The van der Waals surface area contributed by atoms with Crippen molar-refractivity contribution in [1.82, 2.24) is 0 Å². The molecule has 2 rings (SSSR count). The molecule has 0 unspecified atom stereocenters. The van der Waals surface area contributed by atoms with Gasteiger partial charge in [-0.25, -0.2) is 0 Å². The summed E-state index contributed by atoms with van der Waals surface area (Å²) in [6.07, 6.45) is 1.91. The van der Waals surface area contributed by atoms with Crippen LogP contribution >= 0.6 is 0 Å². The van der Waals surface area contributed by atoms with Crippen molar-refractivity contribution in [3.05, 3.63) is 71.8 Å². The summed E-state index contributed by atoms with van der Waals surface area (Å²) in [5.41, 5.74) is 1.81. The van der Waals surface area contributed by atoms with E-state index >= 15 is 0 Å². The van der Waals surface area contributed by atoms with E-state index in [1.807, 2.05) is 60.7 Å². The van der Waals surface area contributed by atoms with Gasteiger partial charge < -0.3 is 9.90 Å². The van der Waals surface area contributed by atoms with Gasteiger partial charge in [-0.2, -0.15) is 0 Å². The second-order valence-electron chi connectivity index (χ2n) is 4.21. The van der Waals surface area contributed by atoms with Crippen molar-refractivity contribution in [2.75, 3.05) is 0 Å². The number of rotatable bonds is 5. The predicted molar refractivity (Wildman–Crippen MR) is 73.0 cm³/mol. The van der Waals surface area contributed by atoms with Gasteiger partial charge in [0.1, 0.15) is 0 Å². The molecular formula is C16H14LiNO2. The number of hydrogen-bond acceptors (Lipinski definition) is 3. The van der Waals surface area contributed by atoms with Crippen LogP contribution in [0.1, 0.15) is 11.1 Å². The Labute approximate surface area is 130 Å². The Morgan fingerprint density at radius 3 is 2.15 bits per heavy atom. The molecule has 0 N–H and O–H groups in total. The Morgan fingerprint density at radius 2 is 1.60 bits per heavy atom. The average molecular weight is 259 g/mol. The maximum absolute atomic E-state index is 11.1. The Balaban J connectivity index is 0.00000200. The van der Waals surface area contributed by atoms with E-state index in [0.29, 0.717) is 6.42 Å². The number of benzene rings is 2. The minimum absolute atomic E-state index is 0. The number of carboxylic acids is 1. The van der Waals surface area contributed by atoms with Gasteiger partial charge in [0, 0.05) is 12.6 Å². The van der Waals surface area contributed by atoms with Crippen molar-refractivity contribution < 1.29 is 28.8 Å². The van der Waals surface area contributed by atoms with E-state index < -0.39 is 12.0 Å². The van der Waals surface area contributed by atoms with Crippen molar-refractivity contribution in [2.24, 2.45) is 4.99 Å². The van der Waals surface area contributed by atoms with Gasteiger partial charge >= 0.3 is 18.9 Å². The van der Waals surface area contributed by atoms with Gasteiger partial charge in [-0.15, -0.1) is 0 Å². The molecule has 0 fully saturated rings. The summed E-state index contributed by atoms with van der Waals surface area (Å²) in [4.78, 5) is 15.2. The fraction of sp³-hybridized carbons (Fsp3) is 0.125. The van der Waals surface area contributed by atoms with Crippen LogP contribution in [0.3, 0.4) is 0 Å². The minimum atomic E-state index is -1.16. The molecule has 0 heterocycles. The Hall–Kier alpha value is -1.82. The first-order valence-corrected chi connectivity index (χ1v) is 6.09. The number of hydrogen-bond donors (Lipinski definition) is 0. The Bertz CT molecular complexity index is 555. The summed E-state index contributed by atoms with van der Waals surface area (Å²) in [5, 5.41) is 11.1. The van der Waals surface area contributed by atoms with E-state index in [0.717, 1.165) is 11.1 Å². The number of carboxylic acid groups (broad SMARTS) is 1. The second-order valence-corrected chi connectivity index (χ2v) is 4.21. The van der Waals surface area contributed by atoms with Gasteiger partial charge in [0.15, 0.2) is 0 Å². The largest absolute Gasteiger partial charge is 1.00 e. The number of carbonyl (C=O) groups is 1. The number of carbonyl (C=O) groups excluding carboxylic acids is 1. The van der Waals surface area contributed by atoms with Gasteiger partial charge in [-0.3, -0.25) is 4.99 Å². The Morgan fingerprint density at radius 1 is 1.05 bits per heavy atom. The van der Waals surface area contributed by atoms with Crippen molar-refractivity contribution >= 4 is 12.2 Å². The quantitative estimate of drug-likeness (QED) is 0.483. The molecule has 0 aliphatic carbocycles. The molecule has 20 heavy (non-hydrogen) atoms. The molecule has 0 spiro atoms. The van der Waals surface area contributed by atoms with Crippen LogP contribution in [0, 0.1) is 0 Å².